The van der Waals surface area contributed by atoms with E-state index in [0.717, 1.165) is 0 Å². The Balaban J connectivity index is 3.06. The molecule has 8 nitrogen and oxygen atoms in total. The van der Waals surface area contributed by atoms with E-state index >= 15 is 0 Å². The number of aliphatic carboxylic acids is 1. The molecule has 21 heavy (non-hydrogen) atoms. The molecule has 1 aromatic rings. The minimum absolute atomic E-state index is 0.112. The predicted octanol–water partition coefficient (Wildman–Crippen LogP) is 1.41. The third-order valence-electron chi connectivity index (χ3n) is 3.29. The molecule has 0 fully saturated rings. The van der Waals surface area contributed by atoms with Crippen molar-refractivity contribution in [2.75, 3.05) is 5.73 Å². The summed E-state index contributed by atoms with van der Waals surface area (Å²) in [6.45, 7) is 3.49. The topological polar surface area (TPSA) is 136 Å². The van der Waals surface area contributed by atoms with Crippen molar-refractivity contribution in [1.82, 2.24) is 5.32 Å². The molecule has 2 atom stereocenters. The highest BCUT2D eigenvalue weighted by atomic mass is 16.6. The fraction of sp³-hybridized carbons (Fsp3) is 0.385. The second-order valence-electron chi connectivity index (χ2n) is 4.67. The molecule has 0 aliphatic carbocycles. The Morgan fingerprint density at radius 3 is 2.57 bits per heavy atom. The summed E-state index contributed by atoms with van der Waals surface area (Å²) >= 11 is 0. The average Bonchev–Trinajstić information content (AvgIpc) is 2.43. The van der Waals surface area contributed by atoms with Crippen molar-refractivity contribution in [2.45, 2.75) is 26.3 Å². The maximum absolute atomic E-state index is 12.1. The summed E-state index contributed by atoms with van der Waals surface area (Å²) in [5, 5.41) is 22.3. The van der Waals surface area contributed by atoms with Crippen LogP contribution in [-0.2, 0) is 4.79 Å². The van der Waals surface area contributed by atoms with E-state index in [-0.39, 0.29) is 17.2 Å². The van der Waals surface area contributed by atoms with Gasteiger partial charge < -0.3 is 16.2 Å². The van der Waals surface area contributed by atoms with Crippen LogP contribution in [-0.4, -0.2) is 27.9 Å². The Kier molecular flexibility index (Phi) is 5.23. The van der Waals surface area contributed by atoms with Gasteiger partial charge in [0.25, 0.3) is 11.6 Å². The minimum atomic E-state index is -1.17. The van der Waals surface area contributed by atoms with Crippen LogP contribution in [0.3, 0.4) is 0 Å². The van der Waals surface area contributed by atoms with Gasteiger partial charge in [0.05, 0.1) is 10.5 Å². The van der Waals surface area contributed by atoms with Gasteiger partial charge in [-0.2, -0.15) is 0 Å². The number of nitro benzene ring substituents is 1. The van der Waals surface area contributed by atoms with Gasteiger partial charge in [0.1, 0.15) is 11.7 Å². The summed E-state index contributed by atoms with van der Waals surface area (Å²) < 4.78 is 0. The molecule has 0 spiro atoms. The van der Waals surface area contributed by atoms with Crippen LogP contribution in [0, 0.1) is 16.0 Å². The molecule has 8 heteroatoms. The lowest BCUT2D eigenvalue weighted by Gasteiger charge is -2.20. The summed E-state index contributed by atoms with van der Waals surface area (Å²) in [6.07, 6.45) is 0.557. The largest absolute Gasteiger partial charge is 0.480 e. The molecule has 0 saturated carbocycles. The predicted molar refractivity (Wildman–Crippen MR) is 75.9 cm³/mol. The SMILES string of the molecule is CC[C@@H](C)[C@@H](NC(=O)c1cccc([N+](=O)[O-])c1N)C(=O)O. The van der Waals surface area contributed by atoms with E-state index < -0.39 is 28.5 Å². The summed E-state index contributed by atoms with van der Waals surface area (Å²) in [5.74, 6) is -2.20. The van der Waals surface area contributed by atoms with E-state index in [2.05, 4.69) is 5.32 Å². The van der Waals surface area contributed by atoms with Crippen molar-refractivity contribution in [3.63, 3.8) is 0 Å². The zero-order valence-electron chi connectivity index (χ0n) is 11.7. The van der Waals surface area contributed by atoms with E-state index in [4.69, 9.17) is 10.8 Å². The van der Waals surface area contributed by atoms with Crippen LogP contribution < -0.4 is 11.1 Å². The number of amides is 1. The molecule has 0 aromatic heterocycles. The van der Waals surface area contributed by atoms with Crippen molar-refractivity contribution >= 4 is 23.3 Å². The molecule has 0 bridgehead atoms. The fourth-order valence-electron chi connectivity index (χ4n) is 1.81. The highest BCUT2D eigenvalue weighted by Crippen LogP contribution is 2.25. The van der Waals surface area contributed by atoms with E-state index in [1.54, 1.807) is 13.8 Å². The number of nitrogens with zero attached hydrogens (tertiary/aromatic N) is 1. The Morgan fingerprint density at radius 1 is 1.48 bits per heavy atom. The maximum atomic E-state index is 12.1. The first kappa shape index (κ1) is 16.4. The number of carbonyl (C=O) groups excluding carboxylic acids is 1. The Bertz CT molecular complexity index is 573. The van der Waals surface area contributed by atoms with Crippen LogP contribution in [0.1, 0.15) is 30.6 Å². The summed E-state index contributed by atoms with van der Waals surface area (Å²) in [5.41, 5.74) is 4.81. The zero-order valence-corrected chi connectivity index (χ0v) is 11.7. The average molecular weight is 295 g/mol. The summed E-state index contributed by atoms with van der Waals surface area (Å²) in [4.78, 5) is 33.4. The molecule has 0 unspecified atom stereocenters. The molecule has 1 aromatic carbocycles. The molecular formula is C13H17N3O5. The first-order chi connectivity index (χ1) is 9.79. The minimum Gasteiger partial charge on any atom is -0.480 e. The molecular weight excluding hydrogens is 278 g/mol. The number of nitrogen functional groups attached to an aromatic ring is 1. The third kappa shape index (κ3) is 3.68. The van der Waals surface area contributed by atoms with E-state index in [1.807, 2.05) is 0 Å². The fourth-order valence-corrected chi connectivity index (χ4v) is 1.81. The molecule has 0 heterocycles. The van der Waals surface area contributed by atoms with Gasteiger partial charge in [0.15, 0.2) is 0 Å². The Labute approximate surface area is 121 Å². The second kappa shape index (κ2) is 6.69. The number of nitrogens with two attached hydrogens (primary N) is 1. The lowest BCUT2D eigenvalue weighted by Crippen LogP contribution is -2.45. The Hall–Kier alpha value is -2.64. The van der Waals surface area contributed by atoms with Crippen molar-refractivity contribution in [2.24, 2.45) is 5.92 Å². The van der Waals surface area contributed by atoms with Gasteiger partial charge in [-0.1, -0.05) is 26.3 Å². The van der Waals surface area contributed by atoms with Gasteiger partial charge in [0.2, 0.25) is 0 Å². The summed E-state index contributed by atoms with van der Waals surface area (Å²) in [6, 6.07) is 2.73. The third-order valence-corrected chi connectivity index (χ3v) is 3.29. The van der Waals surface area contributed by atoms with Gasteiger partial charge >= 0.3 is 5.97 Å². The highest BCUT2D eigenvalue weighted by molar-refractivity contribution is 6.02. The van der Waals surface area contributed by atoms with Crippen LogP contribution in [0.15, 0.2) is 18.2 Å². The maximum Gasteiger partial charge on any atom is 0.326 e. The molecule has 0 radical (unpaired) electrons. The highest BCUT2D eigenvalue weighted by Gasteiger charge is 2.27. The number of hydrogen-bond donors (Lipinski definition) is 3. The van der Waals surface area contributed by atoms with Crippen molar-refractivity contribution in [1.29, 1.82) is 0 Å². The molecule has 1 amide bonds. The molecule has 114 valence electrons. The van der Waals surface area contributed by atoms with Crippen LogP contribution in [0.5, 0.6) is 0 Å². The number of carboxylic acid groups (broad SMARTS) is 1. The van der Waals surface area contributed by atoms with Gasteiger partial charge in [-0.05, 0) is 12.0 Å². The molecule has 0 aliphatic heterocycles. The van der Waals surface area contributed by atoms with Gasteiger partial charge in [0, 0.05) is 6.07 Å². The number of rotatable bonds is 6. The van der Waals surface area contributed by atoms with Gasteiger partial charge in [-0.15, -0.1) is 0 Å². The molecule has 1 rings (SSSR count). The van der Waals surface area contributed by atoms with E-state index in [1.165, 1.54) is 18.2 Å². The lowest BCUT2D eigenvalue weighted by atomic mass is 9.98. The monoisotopic (exact) mass is 295 g/mol. The molecule has 0 saturated heterocycles. The molecule has 0 aliphatic rings. The van der Waals surface area contributed by atoms with E-state index in [0.29, 0.717) is 6.42 Å². The summed E-state index contributed by atoms with van der Waals surface area (Å²) in [7, 11) is 0. The van der Waals surface area contributed by atoms with Crippen molar-refractivity contribution in [3.05, 3.63) is 33.9 Å². The normalized spacial score (nSPS) is 13.2. The number of hydrogen-bond acceptors (Lipinski definition) is 5. The lowest BCUT2D eigenvalue weighted by molar-refractivity contribution is -0.383. The number of para-hydroxylation sites is 1. The number of nitro groups is 1. The quantitative estimate of drug-likeness (QED) is 0.412. The van der Waals surface area contributed by atoms with Crippen LogP contribution >= 0.6 is 0 Å². The first-order valence-corrected chi connectivity index (χ1v) is 6.36. The van der Waals surface area contributed by atoms with Gasteiger partial charge in [-0.25, -0.2) is 4.79 Å². The smallest absolute Gasteiger partial charge is 0.326 e. The first-order valence-electron chi connectivity index (χ1n) is 6.36. The standard InChI is InChI=1S/C13H17N3O5/c1-3-7(2)11(13(18)19)15-12(17)8-5-4-6-9(10(8)14)16(20)21/h4-7,11H,3,14H2,1-2H3,(H,15,17)(H,18,19)/t7-,11-/m1/s1. The van der Waals surface area contributed by atoms with Crippen molar-refractivity contribution in [3.8, 4) is 0 Å². The number of carbonyl (C=O) groups is 2. The van der Waals surface area contributed by atoms with Crippen LogP contribution in [0.25, 0.3) is 0 Å². The Morgan fingerprint density at radius 2 is 2.10 bits per heavy atom. The second-order valence-corrected chi connectivity index (χ2v) is 4.67. The number of carboxylic acids is 1. The zero-order chi connectivity index (χ0) is 16.2. The van der Waals surface area contributed by atoms with Crippen LogP contribution in [0.2, 0.25) is 0 Å². The van der Waals surface area contributed by atoms with Crippen LogP contribution in [0.4, 0.5) is 11.4 Å². The number of nitrogens with one attached hydrogen (secondary N) is 1. The van der Waals surface area contributed by atoms with E-state index in [9.17, 15) is 19.7 Å². The number of benzene rings is 1. The molecule has 4 N–H and O–H groups in total. The van der Waals surface area contributed by atoms with Crippen molar-refractivity contribution < 1.29 is 19.6 Å². The number of anilines is 1. The van der Waals surface area contributed by atoms with Gasteiger partial charge in [-0.3, -0.25) is 14.9 Å².